The molecule has 0 fully saturated rings. The van der Waals surface area contributed by atoms with Crippen molar-refractivity contribution in [2.75, 3.05) is 28.4 Å². The molecule has 78 valence electrons. The average molecular weight is 194 g/mol. The molecule has 0 spiro atoms. The largest absolute Gasteiger partial charge is 0.406 e. The SMILES string of the molecule is COC(OC)C(OC)(OC)OC=O. The Hall–Kier alpha value is -0.690. The highest BCUT2D eigenvalue weighted by atomic mass is 16.9. The normalized spacial score (nSPS) is 11.8. The van der Waals surface area contributed by atoms with Gasteiger partial charge in [-0.05, 0) is 0 Å². The Labute approximate surface area is 76.7 Å². The molecule has 6 heteroatoms. The van der Waals surface area contributed by atoms with Crippen LogP contribution in [0.1, 0.15) is 0 Å². The highest BCUT2D eigenvalue weighted by Gasteiger charge is 2.43. The number of ether oxygens (including phenoxy) is 5. The van der Waals surface area contributed by atoms with Crippen molar-refractivity contribution in [3.05, 3.63) is 0 Å². The lowest BCUT2D eigenvalue weighted by Crippen LogP contribution is -2.50. The first-order valence-electron chi connectivity index (χ1n) is 3.48. The maximum Gasteiger partial charge on any atom is 0.382 e. The van der Waals surface area contributed by atoms with E-state index in [-0.39, 0.29) is 6.47 Å². The van der Waals surface area contributed by atoms with Crippen LogP contribution in [0.2, 0.25) is 0 Å². The minimum atomic E-state index is -1.66. The summed E-state index contributed by atoms with van der Waals surface area (Å²) in [5.74, 6) is -1.66. The predicted molar refractivity (Wildman–Crippen MR) is 41.7 cm³/mol. The van der Waals surface area contributed by atoms with E-state index >= 15 is 0 Å². The molecule has 0 aromatic carbocycles. The van der Waals surface area contributed by atoms with Crippen LogP contribution in [-0.4, -0.2) is 47.2 Å². The van der Waals surface area contributed by atoms with Crippen LogP contribution in [0.5, 0.6) is 0 Å². The van der Waals surface area contributed by atoms with Gasteiger partial charge in [0.2, 0.25) is 0 Å². The van der Waals surface area contributed by atoms with Gasteiger partial charge in [0.25, 0.3) is 12.8 Å². The molecular weight excluding hydrogens is 180 g/mol. The third kappa shape index (κ3) is 2.63. The van der Waals surface area contributed by atoms with Crippen molar-refractivity contribution in [1.29, 1.82) is 0 Å². The maximum absolute atomic E-state index is 10.2. The standard InChI is InChI=1S/C7H14O6/c1-9-6(10-2)7(11-3,12-4)13-5-8/h5-6H,1-4H3. The van der Waals surface area contributed by atoms with E-state index in [1.54, 1.807) is 0 Å². The molecule has 0 saturated carbocycles. The van der Waals surface area contributed by atoms with Crippen LogP contribution in [0, 0.1) is 0 Å². The number of methoxy groups -OCH3 is 4. The lowest BCUT2D eigenvalue weighted by atomic mass is 10.5. The van der Waals surface area contributed by atoms with Gasteiger partial charge in [0, 0.05) is 28.4 Å². The van der Waals surface area contributed by atoms with E-state index in [9.17, 15) is 4.79 Å². The Morgan fingerprint density at radius 3 is 1.77 bits per heavy atom. The van der Waals surface area contributed by atoms with Gasteiger partial charge in [-0.15, -0.1) is 0 Å². The van der Waals surface area contributed by atoms with Crippen molar-refractivity contribution in [3.63, 3.8) is 0 Å². The Kier molecular flexibility index (Phi) is 5.56. The van der Waals surface area contributed by atoms with Gasteiger partial charge in [0.15, 0.2) is 0 Å². The topological polar surface area (TPSA) is 63.2 Å². The molecular formula is C7H14O6. The predicted octanol–water partition coefficient (Wildman–Crippen LogP) is -0.275. The zero-order chi connectivity index (χ0) is 10.3. The molecule has 0 heterocycles. The summed E-state index contributed by atoms with van der Waals surface area (Å²) in [5.41, 5.74) is 0. The molecule has 0 aliphatic carbocycles. The van der Waals surface area contributed by atoms with Gasteiger partial charge < -0.3 is 23.7 Å². The number of carbonyl (C=O) groups is 1. The fraction of sp³-hybridized carbons (Fsp3) is 0.857. The van der Waals surface area contributed by atoms with Crippen LogP contribution in [0.25, 0.3) is 0 Å². The lowest BCUT2D eigenvalue weighted by Gasteiger charge is -2.32. The minimum Gasteiger partial charge on any atom is -0.406 e. The van der Waals surface area contributed by atoms with E-state index < -0.39 is 12.3 Å². The number of rotatable bonds is 7. The Morgan fingerprint density at radius 2 is 1.54 bits per heavy atom. The van der Waals surface area contributed by atoms with Gasteiger partial charge >= 0.3 is 5.97 Å². The Morgan fingerprint density at radius 1 is 1.08 bits per heavy atom. The maximum atomic E-state index is 10.2. The van der Waals surface area contributed by atoms with Crippen LogP contribution in [0.3, 0.4) is 0 Å². The van der Waals surface area contributed by atoms with E-state index in [1.807, 2.05) is 0 Å². The average Bonchev–Trinajstić information content (AvgIpc) is 2.18. The third-order valence-corrected chi connectivity index (χ3v) is 1.50. The van der Waals surface area contributed by atoms with Crippen molar-refractivity contribution in [1.82, 2.24) is 0 Å². The van der Waals surface area contributed by atoms with E-state index in [0.29, 0.717) is 0 Å². The molecule has 0 unspecified atom stereocenters. The van der Waals surface area contributed by atoms with Crippen molar-refractivity contribution in [3.8, 4) is 0 Å². The van der Waals surface area contributed by atoms with E-state index in [0.717, 1.165) is 0 Å². The summed E-state index contributed by atoms with van der Waals surface area (Å²) in [6.07, 6.45) is -0.951. The molecule has 0 aliphatic heterocycles. The van der Waals surface area contributed by atoms with E-state index in [4.69, 9.17) is 18.9 Å². The number of hydrogen-bond donors (Lipinski definition) is 0. The van der Waals surface area contributed by atoms with Gasteiger partial charge in [-0.1, -0.05) is 0 Å². The summed E-state index contributed by atoms with van der Waals surface area (Å²) in [6.45, 7) is 0.192. The smallest absolute Gasteiger partial charge is 0.382 e. The zero-order valence-electron chi connectivity index (χ0n) is 8.10. The molecule has 0 bridgehead atoms. The Bertz CT molecular complexity index is 140. The molecule has 0 radical (unpaired) electrons. The highest BCUT2D eigenvalue weighted by Crippen LogP contribution is 2.20. The first kappa shape index (κ1) is 12.3. The van der Waals surface area contributed by atoms with Crippen LogP contribution >= 0.6 is 0 Å². The molecule has 6 nitrogen and oxygen atoms in total. The second kappa shape index (κ2) is 5.87. The minimum absolute atomic E-state index is 0.192. The molecule has 0 aromatic heterocycles. The third-order valence-electron chi connectivity index (χ3n) is 1.50. The second-order valence-electron chi connectivity index (χ2n) is 2.03. The van der Waals surface area contributed by atoms with Gasteiger partial charge in [-0.3, -0.25) is 4.79 Å². The highest BCUT2D eigenvalue weighted by molar-refractivity contribution is 5.37. The van der Waals surface area contributed by atoms with Gasteiger partial charge in [-0.25, -0.2) is 0 Å². The quantitative estimate of drug-likeness (QED) is 0.410. The molecule has 0 aliphatic rings. The van der Waals surface area contributed by atoms with Crippen LogP contribution < -0.4 is 0 Å². The molecule has 0 N–H and O–H groups in total. The number of carbonyl (C=O) groups excluding carboxylic acids is 1. The molecule has 0 saturated heterocycles. The summed E-state index contributed by atoms with van der Waals surface area (Å²) in [4.78, 5) is 10.2. The van der Waals surface area contributed by atoms with E-state index in [1.165, 1.54) is 28.4 Å². The molecule has 0 aromatic rings. The van der Waals surface area contributed by atoms with Crippen molar-refractivity contribution in [2.45, 2.75) is 12.3 Å². The van der Waals surface area contributed by atoms with Crippen LogP contribution in [0.4, 0.5) is 0 Å². The van der Waals surface area contributed by atoms with E-state index in [2.05, 4.69) is 4.74 Å². The van der Waals surface area contributed by atoms with Crippen molar-refractivity contribution in [2.24, 2.45) is 0 Å². The first-order valence-corrected chi connectivity index (χ1v) is 3.48. The lowest BCUT2D eigenvalue weighted by molar-refractivity contribution is -0.418. The van der Waals surface area contributed by atoms with Gasteiger partial charge in [0.05, 0.1) is 0 Å². The number of hydrogen-bond acceptors (Lipinski definition) is 6. The monoisotopic (exact) mass is 194 g/mol. The molecule has 0 amide bonds. The fourth-order valence-corrected chi connectivity index (χ4v) is 0.880. The summed E-state index contributed by atoms with van der Waals surface area (Å²) in [7, 11) is 5.35. The van der Waals surface area contributed by atoms with Crippen molar-refractivity contribution < 1.29 is 28.5 Å². The summed E-state index contributed by atoms with van der Waals surface area (Å²) in [5, 5.41) is 0. The molecule has 0 atom stereocenters. The second-order valence-corrected chi connectivity index (χ2v) is 2.03. The van der Waals surface area contributed by atoms with Gasteiger partial charge in [0.1, 0.15) is 0 Å². The summed E-state index contributed by atoms with van der Waals surface area (Å²) >= 11 is 0. The summed E-state index contributed by atoms with van der Waals surface area (Å²) < 4.78 is 24.0. The Balaban J connectivity index is 4.59. The summed E-state index contributed by atoms with van der Waals surface area (Å²) in [6, 6.07) is 0. The fourth-order valence-electron chi connectivity index (χ4n) is 0.880. The van der Waals surface area contributed by atoms with Crippen LogP contribution in [-0.2, 0) is 28.5 Å². The van der Waals surface area contributed by atoms with Gasteiger partial charge in [-0.2, -0.15) is 0 Å². The van der Waals surface area contributed by atoms with Crippen LogP contribution in [0.15, 0.2) is 0 Å². The molecule has 13 heavy (non-hydrogen) atoms. The first-order chi connectivity index (χ1) is 6.20. The zero-order valence-corrected chi connectivity index (χ0v) is 8.10. The van der Waals surface area contributed by atoms with Crippen molar-refractivity contribution >= 4 is 6.47 Å². The molecule has 0 rings (SSSR count).